The second kappa shape index (κ2) is 7.13. The lowest BCUT2D eigenvalue weighted by Crippen LogP contribution is -2.19. The predicted molar refractivity (Wildman–Crippen MR) is 94.8 cm³/mol. The summed E-state index contributed by atoms with van der Waals surface area (Å²) in [6, 6.07) is 9.71. The van der Waals surface area contributed by atoms with E-state index in [4.69, 9.17) is 0 Å². The topological polar surface area (TPSA) is 54.9 Å². The summed E-state index contributed by atoms with van der Waals surface area (Å²) in [5, 5.41) is 3.67. The van der Waals surface area contributed by atoms with Crippen molar-refractivity contribution in [3.8, 4) is 0 Å². The summed E-state index contributed by atoms with van der Waals surface area (Å²) >= 11 is 1.52. The fourth-order valence-corrected chi connectivity index (χ4v) is 3.00. The molecule has 1 aromatic carbocycles. The number of nitrogens with zero attached hydrogens (tertiary/aromatic N) is 2. The molecule has 2 rings (SSSR count). The molecule has 2 aromatic rings. The minimum Gasteiger partial charge on any atom is -0.326 e. The van der Waals surface area contributed by atoms with Crippen molar-refractivity contribution in [3.63, 3.8) is 0 Å². The highest BCUT2D eigenvalue weighted by Crippen LogP contribution is 2.26. The lowest BCUT2D eigenvalue weighted by Gasteiger charge is -2.17. The Hall–Kier alpha value is -1.88. The van der Waals surface area contributed by atoms with Crippen LogP contribution in [-0.4, -0.2) is 15.9 Å². The van der Waals surface area contributed by atoms with Gasteiger partial charge >= 0.3 is 0 Å². The molecule has 0 saturated heterocycles. The van der Waals surface area contributed by atoms with Gasteiger partial charge in [-0.3, -0.25) is 4.79 Å². The van der Waals surface area contributed by atoms with Crippen molar-refractivity contribution in [2.75, 3.05) is 5.32 Å². The number of rotatable bonds is 4. The number of anilines is 1. The first-order chi connectivity index (χ1) is 10.7. The zero-order valence-electron chi connectivity index (χ0n) is 14.3. The van der Waals surface area contributed by atoms with Crippen LogP contribution in [0.4, 0.5) is 5.69 Å². The molecule has 23 heavy (non-hydrogen) atoms. The number of nitrogens with one attached hydrogen (secondary N) is 1. The number of hydrogen-bond donors (Lipinski definition) is 1. The normalized spacial score (nSPS) is 11.3. The van der Waals surface area contributed by atoms with Gasteiger partial charge in [-0.15, -0.1) is 0 Å². The maximum atomic E-state index is 11.9. The zero-order valence-corrected chi connectivity index (χ0v) is 15.1. The van der Waals surface area contributed by atoms with Gasteiger partial charge in [0.15, 0.2) is 5.16 Å². The zero-order chi connectivity index (χ0) is 17.0. The number of carbonyl (C=O) groups is 1. The van der Waals surface area contributed by atoms with Crippen molar-refractivity contribution >= 4 is 23.4 Å². The molecule has 1 aromatic heterocycles. The van der Waals surface area contributed by atoms with Gasteiger partial charge in [0.2, 0.25) is 5.91 Å². The number of aromatic nitrogens is 2. The summed E-state index contributed by atoms with van der Waals surface area (Å²) in [6.07, 6.45) is 0.500. The van der Waals surface area contributed by atoms with E-state index in [1.54, 1.807) is 0 Å². The van der Waals surface area contributed by atoms with E-state index in [-0.39, 0.29) is 11.3 Å². The van der Waals surface area contributed by atoms with Crippen LogP contribution in [-0.2, 0) is 4.79 Å². The number of benzene rings is 1. The van der Waals surface area contributed by atoms with Crippen LogP contribution in [0, 0.1) is 19.3 Å². The van der Waals surface area contributed by atoms with Gasteiger partial charge in [-0.1, -0.05) is 20.8 Å². The Labute approximate surface area is 142 Å². The molecule has 0 bridgehead atoms. The monoisotopic (exact) mass is 329 g/mol. The molecule has 0 spiro atoms. The highest BCUT2D eigenvalue weighted by molar-refractivity contribution is 7.99. The predicted octanol–water partition coefficient (Wildman–Crippen LogP) is 4.62. The standard InChI is InChI=1S/C18H23N3OS/c1-12-10-13(2)20-17(19-12)23-15-8-6-14(7-9-15)21-16(22)11-18(3,4)5/h6-10H,11H2,1-5H3,(H,21,22). The van der Waals surface area contributed by atoms with E-state index < -0.39 is 0 Å². The van der Waals surface area contributed by atoms with E-state index in [9.17, 15) is 4.79 Å². The summed E-state index contributed by atoms with van der Waals surface area (Å²) in [7, 11) is 0. The average Bonchev–Trinajstić information content (AvgIpc) is 2.37. The van der Waals surface area contributed by atoms with Gasteiger partial charge in [0.25, 0.3) is 0 Å². The Morgan fingerprint density at radius 3 is 2.17 bits per heavy atom. The van der Waals surface area contributed by atoms with Crippen molar-refractivity contribution in [2.24, 2.45) is 5.41 Å². The third kappa shape index (κ3) is 6.02. The van der Waals surface area contributed by atoms with Crippen LogP contribution in [0.1, 0.15) is 38.6 Å². The minimum atomic E-state index is -0.0136. The molecule has 0 atom stereocenters. The molecule has 0 saturated carbocycles. The Kier molecular flexibility index (Phi) is 5.42. The third-order valence-corrected chi connectivity index (χ3v) is 3.87. The van der Waals surface area contributed by atoms with Crippen molar-refractivity contribution in [1.29, 1.82) is 0 Å². The maximum absolute atomic E-state index is 11.9. The molecular weight excluding hydrogens is 306 g/mol. The molecule has 0 fully saturated rings. The summed E-state index contributed by atoms with van der Waals surface area (Å²) < 4.78 is 0. The highest BCUT2D eigenvalue weighted by Gasteiger charge is 2.15. The molecule has 4 nitrogen and oxygen atoms in total. The van der Waals surface area contributed by atoms with E-state index in [0.29, 0.717) is 6.42 Å². The van der Waals surface area contributed by atoms with Crippen LogP contribution in [0.15, 0.2) is 40.4 Å². The quantitative estimate of drug-likeness (QED) is 0.832. The molecule has 0 aliphatic carbocycles. The summed E-state index contributed by atoms with van der Waals surface area (Å²) in [4.78, 5) is 21.8. The van der Waals surface area contributed by atoms with Crippen molar-refractivity contribution in [2.45, 2.75) is 51.1 Å². The Morgan fingerprint density at radius 2 is 1.65 bits per heavy atom. The van der Waals surface area contributed by atoms with Gasteiger partial charge in [0.1, 0.15) is 0 Å². The molecule has 1 N–H and O–H groups in total. The minimum absolute atomic E-state index is 0.0136. The number of hydrogen-bond acceptors (Lipinski definition) is 4. The van der Waals surface area contributed by atoms with Gasteiger partial charge in [-0.05, 0) is 61.4 Å². The number of aryl methyl sites for hydroxylation is 2. The van der Waals surface area contributed by atoms with E-state index in [2.05, 4.69) is 36.1 Å². The van der Waals surface area contributed by atoms with E-state index >= 15 is 0 Å². The molecule has 0 unspecified atom stereocenters. The van der Waals surface area contributed by atoms with Crippen LogP contribution >= 0.6 is 11.8 Å². The molecule has 1 amide bonds. The first-order valence-electron chi connectivity index (χ1n) is 7.61. The summed E-state index contributed by atoms with van der Waals surface area (Å²) in [5.74, 6) is 0.0375. The van der Waals surface area contributed by atoms with Gasteiger partial charge < -0.3 is 5.32 Å². The summed E-state index contributed by atoms with van der Waals surface area (Å²) in [6.45, 7) is 10.1. The van der Waals surface area contributed by atoms with Gasteiger partial charge in [-0.25, -0.2) is 9.97 Å². The smallest absolute Gasteiger partial charge is 0.224 e. The summed E-state index contributed by atoms with van der Waals surface area (Å²) in [5.41, 5.74) is 2.72. The van der Waals surface area contributed by atoms with E-state index in [1.807, 2.05) is 44.2 Å². The highest BCUT2D eigenvalue weighted by atomic mass is 32.2. The number of carbonyl (C=O) groups excluding carboxylic acids is 1. The largest absolute Gasteiger partial charge is 0.326 e. The fourth-order valence-electron chi connectivity index (χ4n) is 2.14. The van der Waals surface area contributed by atoms with Crippen LogP contribution in [0.3, 0.4) is 0 Å². The SMILES string of the molecule is Cc1cc(C)nc(Sc2ccc(NC(=O)CC(C)(C)C)cc2)n1. The first kappa shape index (κ1) is 17.5. The van der Waals surface area contributed by atoms with E-state index in [1.165, 1.54) is 11.8 Å². The second-order valence-corrected chi connectivity index (χ2v) is 7.89. The average molecular weight is 329 g/mol. The lowest BCUT2D eigenvalue weighted by molar-refractivity contribution is -0.117. The molecular formula is C18H23N3OS. The van der Waals surface area contributed by atoms with Gasteiger partial charge in [0.05, 0.1) is 0 Å². The molecule has 122 valence electrons. The van der Waals surface area contributed by atoms with Gasteiger partial charge in [0, 0.05) is 28.4 Å². The molecule has 5 heteroatoms. The van der Waals surface area contributed by atoms with Crippen LogP contribution in [0.2, 0.25) is 0 Å². The van der Waals surface area contributed by atoms with Gasteiger partial charge in [-0.2, -0.15) is 0 Å². The Balaban J connectivity index is 2.00. The first-order valence-corrected chi connectivity index (χ1v) is 8.43. The van der Waals surface area contributed by atoms with Crippen LogP contribution in [0.25, 0.3) is 0 Å². The molecule has 1 heterocycles. The van der Waals surface area contributed by atoms with E-state index in [0.717, 1.165) is 27.1 Å². The second-order valence-electron chi connectivity index (χ2n) is 6.85. The fraction of sp³-hybridized carbons (Fsp3) is 0.389. The number of amides is 1. The molecule has 0 radical (unpaired) electrons. The van der Waals surface area contributed by atoms with Crippen molar-refractivity contribution in [3.05, 3.63) is 41.7 Å². The molecule has 0 aliphatic rings. The van der Waals surface area contributed by atoms with Crippen LogP contribution in [0.5, 0.6) is 0 Å². The Bertz CT molecular complexity index is 670. The third-order valence-electron chi connectivity index (χ3n) is 3.00. The van der Waals surface area contributed by atoms with Crippen molar-refractivity contribution in [1.82, 2.24) is 9.97 Å². The molecule has 0 aliphatic heterocycles. The maximum Gasteiger partial charge on any atom is 0.224 e. The lowest BCUT2D eigenvalue weighted by atomic mass is 9.92. The van der Waals surface area contributed by atoms with Crippen molar-refractivity contribution < 1.29 is 4.79 Å². The van der Waals surface area contributed by atoms with Crippen LogP contribution < -0.4 is 5.32 Å². The Morgan fingerprint density at radius 1 is 1.09 bits per heavy atom.